The molecule has 0 radical (unpaired) electrons. The monoisotopic (exact) mass is 524 g/mol. The number of carbonyl (C=O) groups is 2. The number of hydrogen-bond donors (Lipinski definition) is 1. The molecule has 0 aromatic heterocycles. The van der Waals surface area contributed by atoms with E-state index in [2.05, 4.69) is 5.32 Å². The van der Waals surface area contributed by atoms with Gasteiger partial charge in [0.25, 0.3) is 11.8 Å². The van der Waals surface area contributed by atoms with Gasteiger partial charge in [-0.3, -0.25) is 9.59 Å². The number of hydrogen-bond acceptors (Lipinski definition) is 5. The van der Waals surface area contributed by atoms with Crippen molar-refractivity contribution in [3.05, 3.63) is 82.7 Å². The summed E-state index contributed by atoms with van der Waals surface area (Å²) in [6, 6.07) is 15.5. The zero-order chi connectivity index (χ0) is 26.9. The molecule has 0 saturated carbocycles. The van der Waals surface area contributed by atoms with Gasteiger partial charge in [0.15, 0.2) is 9.84 Å². The maximum atomic E-state index is 14.8. The molecule has 9 heteroatoms. The number of rotatable bonds is 5. The third-order valence-corrected chi connectivity index (χ3v) is 7.32. The Bertz CT molecular complexity index is 1470. The highest BCUT2D eigenvalue weighted by atomic mass is 32.2. The van der Waals surface area contributed by atoms with Crippen molar-refractivity contribution in [1.29, 1.82) is 0 Å². The molecule has 0 bridgehead atoms. The number of amides is 2. The highest BCUT2D eigenvalue weighted by Gasteiger charge is 2.26. The van der Waals surface area contributed by atoms with E-state index in [0.717, 1.165) is 29.0 Å². The van der Waals surface area contributed by atoms with Crippen molar-refractivity contribution in [2.75, 3.05) is 19.4 Å². The molecule has 0 unspecified atom stereocenters. The van der Waals surface area contributed by atoms with E-state index >= 15 is 0 Å². The molecular formula is C28H29FN2O5S. The lowest BCUT2D eigenvalue weighted by Gasteiger charge is -2.21. The smallest absolute Gasteiger partial charge is 0.254 e. The van der Waals surface area contributed by atoms with Crippen LogP contribution >= 0.6 is 0 Å². The summed E-state index contributed by atoms with van der Waals surface area (Å²) in [7, 11) is -3.76. The average molecular weight is 525 g/mol. The first-order valence-corrected chi connectivity index (χ1v) is 13.8. The molecule has 4 rings (SSSR count). The van der Waals surface area contributed by atoms with Gasteiger partial charge in [-0.05, 0) is 73.9 Å². The number of benzene rings is 3. The number of nitrogens with one attached hydrogen (secondary N) is 1. The van der Waals surface area contributed by atoms with Crippen molar-refractivity contribution >= 4 is 21.7 Å². The predicted octanol–water partition coefficient (Wildman–Crippen LogP) is 4.38. The molecule has 0 spiro atoms. The lowest BCUT2D eigenvalue weighted by atomic mass is 10.0. The Balaban J connectivity index is 1.59. The van der Waals surface area contributed by atoms with Crippen molar-refractivity contribution in [2.45, 2.75) is 38.3 Å². The number of nitrogens with zero attached hydrogens (tertiary/aromatic N) is 1. The van der Waals surface area contributed by atoms with Crippen LogP contribution in [0.4, 0.5) is 4.39 Å². The maximum absolute atomic E-state index is 14.8. The molecule has 1 N–H and O–H groups in total. The summed E-state index contributed by atoms with van der Waals surface area (Å²) in [6.07, 6.45) is 0.932. The maximum Gasteiger partial charge on any atom is 0.254 e. The van der Waals surface area contributed by atoms with Gasteiger partial charge in [0.2, 0.25) is 0 Å². The number of ether oxygens (including phenoxy) is 1. The number of sulfone groups is 1. The van der Waals surface area contributed by atoms with Gasteiger partial charge in [0, 0.05) is 35.5 Å². The first-order valence-electron chi connectivity index (χ1n) is 11.9. The van der Waals surface area contributed by atoms with Crippen LogP contribution in [-0.4, -0.2) is 50.6 Å². The Kier molecular flexibility index (Phi) is 7.36. The van der Waals surface area contributed by atoms with Crippen LogP contribution in [0.1, 0.15) is 45.7 Å². The van der Waals surface area contributed by atoms with Crippen molar-refractivity contribution < 1.29 is 27.1 Å². The molecule has 0 atom stereocenters. The van der Waals surface area contributed by atoms with Crippen molar-refractivity contribution in [2.24, 2.45) is 0 Å². The van der Waals surface area contributed by atoms with E-state index in [9.17, 15) is 22.4 Å². The molecule has 37 heavy (non-hydrogen) atoms. The SMILES string of the molecule is Cc1c(C(=O)N2CCOc3ccc(-c4ccc(C(=O)NC(C)C)cc4)cc3C2)ccc(S(C)(=O)=O)c1F. The second-order valence-corrected chi connectivity index (χ2v) is 11.4. The Morgan fingerprint density at radius 3 is 2.35 bits per heavy atom. The first kappa shape index (κ1) is 26.3. The van der Waals surface area contributed by atoms with E-state index in [1.165, 1.54) is 13.0 Å². The predicted molar refractivity (Wildman–Crippen MR) is 139 cm³/mol. The van der Waals surface area contributed by atoms with Crippen LogP contribution in [0.3, 0.4) is 0 Å². The number of carbonyl (C=O) groups excluding carboxylic acids is 2. The molecule has 194 valence electrons. The Labute approximate surface area is 216 Å². The minimum Gasteiger partial charge on any atom is -0.491 e. The Hall–Kier alpha value is -3.72. The van der Waals surface area contributed by atoms with Gasteiger partial charge in [-0.2, -0.15) is 0 Å². The van der Waals surface area contributed by atoms with Crippen molar-refractivity contribution in [3.8, 4) is 16.9 Å². The van der Waals surface area contributed by atoms with Crippen LogP contribution in [0.25, 0.3) is 11.1 Å². The van der Waals surface area contributed by atoms with E-state index < -0.39 is 26.5 Å². The standard InChI is InChI=1S/C28H29FN2O5S/c1-17(2)30-27(32)20-7-5-19(6-8-20)21-9-11-24-22(15-21)16-31(13-14-36-24)28(33)23-10-12-25(37(4,34)35)26(29)18(23)3/h5-12,15,17H,13-14,16H2,1-4H3,(H,30,32). The third-order valence-electron chi connectivity index (χ3n) is 6.21. The second kappa shape index (κ2) is 10.3. The van der Waals surface area contributed by atoms with Gasteiger partial charge in [-0.25, -0.2) is 12.8 Å². The van der Waals surface area contributed by atoms with E-state index in [1.54, 1.807) is 17.0 Å². The number of fused-ring (bicyclic) bond motifs is 1. The van der Waals surface area contributed by atoms with Gasteiger partial charge in [-0.1, -0.05) is 18.2 Å². The van der Waals surface area contributed by atoms with E-state index in [1.807, 2.05) is 44.2 Å². The van der Waals surface area contributed by atoms with Gasteiger partial charge < -0.3 is 15.0 Å². The van der Waals surface area contributed by atoms with Gasteiger partial charge >= 0.3 is 0 Å². The molecule has 2 amide bonds. The van der Waals surface area contributed by atoms with Crippen LogP contribution in [0, 0.1) is 12.7 Å². The van der Waals surface area contributed by atoms with Gasteiger partial charge in [0.1, 0.15) is 23.1 Å². The van der Waals surface area contributed by atoms with Crippen LogP contribution in [-0.2, 0) is 16.4 Å². The Morgan fingerprint density at radius 2 is 1.70 bits per heavy atom. The molecule has 0 fully saturated rings. The lowest BCUT2D eigenvalue weighted by Crippen LogP contribution is -2.33. The normalized spacial score (nSPS) is 13.5. The summed E-state index contributed by atoms with van der Waals surface area (Å²) in [5, 5.41) is 2.87. The van der Waals surface area contributed by atoms with Crippen LogP contribution < -0.4 is 10.1 Å². The molecule has 0 aliphatic carbocycles. The summed E-state index contributed by atoms with van der Waals surface area (Å²) in [6.45, 7) is 6.01. The second-order valence-electron chi connectivity index (χ2n) is 9.43. The topological polar surface area (TPSA) is 92.8 Å². The molecule has 7 nitrogen and oxygen atoms in total. The molecule has 3 aromatic rings. The summed E-state index contributed by atoms with van der Waals surface area (Å²) < 4.78 is 44.3. The molecule has 0 saturated heterocycles. The first-order chi connectivity index (χ1) is 17.5. The number of halogens is 1. The van der Waals surface area contributed by atoms with Crippen molar-refractivity contribution in [1.82, 2.24) is 10.2 Å². The van der Waals surface area contributed by atoms with E-state index in [4.69, 9.17) is 4.74 Å². The molecule has 1 aliphatic heterocycles. The average Bonchev–Trinajstić information content (AvgIpc) is 3.06. The third kappa shape index (κ3) is 5.67. The van der Waals surface area contributed by atoms with Crippen LogP contribution in [0.5, 0.6) is 5.75 Å². The molecule has 1 aliphatic rings. The van der Waals surface area contributed by atoms with Gasteiger partial charge in [0.05, 0.1) is 6.54 Å². The quantitative estimate of drug-likeness (QED) is 0.535. The van der Waals surface area contributed by atoms with E-state index in [0.29, 0.717) is 11.3 Å². The molecule has 3 aromatic carbocycles. The molecule has 1 heterocycles. The largest absolute Gasteiger partial charge is 0.491 e. The lowest BCUT2D eigenvalue weighted by molar-refractivity contribution is 0.0731. The van der Waals surface area contributed by atoms with Gasteiger partial charge in [-0.15, -0.1) is 0 Å². The van der Waals surface area contributed by atoms with E-state index in [-0.39, 0.29) is 42.8 Å². The highest BCUT2D eigenvalue weighted by molar-refractivity contribution is 7.90. The highest BCUT2D eigenvalue weighted by Crippen LogP contribution is 2.31. The zero-order valence-corrected chi connectivity index (χ0v) is 22.0. The fourth-order valence-corrected chi connectivity index (χ4v) is 5.05. The Morgan fingerprint density at radius 1 is 1.03 bits per heavy atom. The molecular weight excluding hydrogens is 495 g/mol. The summed E-state index contributed by atoms with van der Waals surface area (Å²) in [4.78, 5) is 26.7. The fourth-order valence-electron chi connectivity index (χ4n) is 4.26. The minimum atomic E-state index is -3.76. The minimum absolute atomic E-state index is 0.00587. The zero-order valence-electron chi connectivity index (χ0n) is 21.2. The van der Waals surface area contributed by atoms with Crippen LogP contribution in [0.2, 0.25) is 0 Å². The fraction of sp³-hybridized carbons (Fsp3) is 0.286. The summed E-state index contributed by atoms with van der Waals surface area (Å²) in [5.74, 6) is -0.795. The summed E-state index contributed by atoms with van der Waals surface area (Å²) in [5.41, 5.74) is 3.26. The van der Waals surface area contributed by atoms with Crippen molar-refractivity contribution in [3.63, 3.8) is 0 Å². The van der Waals surface area contributed by atoms with Crippen LogP contribution in [0.15, 0.2) is 59.5 Å². The summed E-state index contributed by atoms with van der Waals surface area (Å²) >= 11 is 0.